The predicted octanol–water partition coefficient (Wildman–Crippen LogP) is 3.96. The summed E-state index contributed by atoms with van der Waals surface area (Å²) in [5, 5.41) is 5.48. The number of benzene rings is 3. The fourth-order valence-electron chi connectivity index (χ4n) is 3.17. The molecule has 146 valence electrons. The van der Waals surface area contributed by atoms with Gasteiger partial charge in [-0.1, -0.05) is 54.1 Å². The van der Waals surface area contributed by atoms with E-state index in [-0.39, 0.29) is 5.91 Å². The fraction of sp³-hybridized carbons (Fsp3) is 0.190. The van der Waals surface area contributed by atoms with Gasteiger partial charge >= 0.3 is 0 Å². The summed E-state index contributed by atoms with van der Waals surface area (Å²) in [7, 11) is -3.66. The van der Waals surface area contributed by atoms with E-state index in [4.69, 9.17) is 11.6 Å². The second-order valence-corrected chi connectivity index (χ2v) is 8.86. The Morgan fingerprint density at radius 3 is 2.36 bits per heavy atom. The van der Waals surface area contributed by atoms with Crippen molar-refractivity contribution in [2.24, 2.45) is 0 Å². The highest BCUT2D eigenvalue weighted by Crippen LogP contribution is 2.23. The zero-order chi connectivity index (χ0) is 20.3. The molecule has 3 aromatic carbocycles. The normalized spacial score (nSPS) is 12.5. The van der Waals surface area contributed by atoms with Gasteiger partial charge in [-0.25, -0.2) is 8.42 Å². The molecule has 7 heteroatoms. The van der Waals surface area contributed by atoms with Crippen LogP contribution in [0, 0.1) is 0 Å². The largest absolute Gasteiger partial charge is 0.350 e. The van der Waals surface area contributed by atoms with Crippen LogP contribution in [0.3, 0.4) is 0 Å². The molecule has 0 aromatic heterocycles. The molecule has 3 rings (SSSR count). The molecule has 0 bridgehead atoms. The maximum absolute atomic E-state index is 12.7. The lowest BCUT2D eigenvalue weighted by molar-refractivity contribution is -0.122. The maximum Gasteiger partial charge on any atom is 0.243 e. The molecule has 0 heterocycles. The standard InChI is InChI=1S/C21H21ClN2O3S/c1-15(24(28(2,26)27)19-12-10-18(22)11-13-19)21(25)23-14-17-8-5-7-16-6-3-4-9-20(16)17/h3-13,15H,14H2,1-2H3,(H,23,25). The minimum absolute atomic E-state index is 0.308. The number of sulfonamides is 1. The molecule has 0 aliphatic carbocycles. The topological polar surface area (TPSA) is 66.5 Å². The Hall–Kier alpha value is -2.57. The van der Waals surface area contributed by atoms with E-state index >= 15 is 0 Å². The van der Waals surface area contributed by atoms with Gasteiger partial charge in [0, 0.05) is 11.6 Å². The van der Waals surface area contributed by atoms with E-state index in [2.05, 4.69) is 5.32 Å². The van der Waals surface area contributed by atoms with E-state index in [0.29, 0.717) is 17.3 Å². The maximum atomic E-state index is 12.7. The second-order valence-electron chi connectivity index (χ2n) is 6.57. The van der Waals surface area contributed by atoms with Crippen molar-refractivity contribution in [1.29, 1.82) is 0 Å². The number of rotatable bonds is 6. The molecule has 28 heavy (non-hydrogen) atoms. The van der Waals surface area contributed by atoms with Crippen LogP contribution in [0.4, 0.5) is 5.69 Å². The number of carbonyl (C=O) groups is 1. The fourth-order valence-corrected chi connectivity index (χ4v) is 4.47. The smallest absolute Gasteiger partial charge is 0.243 e. The summed E-state index contributed by atoms with van der Waals surface area (Å²) in [6.45, 7) is 1.87. The van der Waals surface area contributed by atoms with E-state index in [0.717, 1.165) is 26.9 Å². The quantitative estimate of drug-likeness (QED) is 0.661. The molecule has 1 atom stereocenters. The minimum atomic E-state index is -3.66. The lowest BCUT2D eigenvalue weighted by Crippen LogP contribution is -2.47. The van der Waals surface area contributed by atoms with Gasteiger partial charge in [0.15, 0.2) is 0 Å². The van der Waals surface area contributed by atoms with Crippen LogP contribution < -0.4 is 9.62 Å². The zero-order valence-corrected chi connectivity index (χ0v) is 17.2. The average Bonchev–Trinajstić information content (AvgIpc) is 2.66. The first-order valence-corrected chi connectivity index (χ1v) is 11.0. The van der Waals surface area contributed by atoms with Crippen molar-refractivity contribution in [3.63, 3.8) is 0 Å². The third kappa shape index (κ3) is 4.46. The van der Waals surface area contributed by atoms with Crippen molar-refractivity contribution >= 4 is 44.0 Å². The van der Waals surface area contributed by atoms with E-state index in [1.807, 2.05) is 42.5 Å². The first-order valence-electron chi connectivity index (χ1n) is 8.76. The Morgan fingerprint density at radius 1 is 1.04 bits per heavy atom. The zero-order valence-electron chi connectivity index (χ0n) is 15.6. The summed E-state index contributed by atoms with van der Waals surface area (Å²) in [6, 6.07) is 19.2. The summed E-state index contributed by atoms with van der Waals surface area (Å²) < 4.78 is 25.7. The van der Waals surface area contributed by atoms with Gasteiger partial charge in [0.05, 0.1) is 11.9 Å². The number of halogens is 1. The number of fused-ring (bicyclic) bond motifs is 1. The number of hydrogen-bond acceptors (Lipinski definition) is 3. The number of amides is 1. The van der Waals surface area contributed by atoms with E-state index in [1.165, 1.54) is 0 Å². The summed E-state index contributed by atoms with van der Waals surface area (Å²) >= 11 is 5.89. The summed E-state index contributed by atoms with van der Waals surface area (Å²) in [4.78, 5) is 12.7. The number of nitrogens with one attached hydrogen (secondary N) is 1. The highest BCUT2D eigenvalue weighted by molar-refractivity contribution is 7.92. The van der Waals surface area contributed by atoms with Crippen molar-refractivity contribution in [3.05, 3.63) is 77.3 Å². The van der Waals surface area contributed by atoms with Crippen LogP contribution in [-0.2, 0) is 21.4 Å². The molecule has 1 unspecified atom stereocenters. The van der Waals surface area contributed by atoms with Gasteiger partial charge in [-0.05, 0) is 47.5 Å². The van der Waals surface area contributed by atoms with Gasteiger partial charge in [0.25, 0.3) is 0 Å². The van der Waals surface area contributed by atoms with Crippen LogP contribution in [0.2, 0.25) is 5.02 Å². The molecule has 0 saturated heterocycles. The molecule has 0 aliphatic rings. The van der Waals surface area contributed by atoms with E-state index < -0.39 is 16.1 Å². The van der Waals surface area contributed by atoms with Gasteiger partial charge in [0.2, 0.25) is 15.9 Å². The van der Waals surface area contributed by atoms with Crippen LogP contribution in [0.5, 0.6) is 0 Å². The van der Waals surface area contributed by atoms with Crippen molar-refractivity contribution in [2.45, 2.75) is 19.5 Å². The molecule has 0 fully saturated rings. The second kappa shape index (κ2) is 8.20. The first-order chi connectivity index (χ1) is 13.3. The summed E-state index contributed by atoms with van der Waals surface area (Å²) in [5.74, 6) is -0.381. The molecule has 1 N–H and O–H groups in total. The number of hydrogen-bond donors (Lipinski definition) is 1. The highest BCUT2D eigenvalue weighted by atomic mass is 35.5. The van der Waals surface area contributed by atoms with Gasteiger partial charge in [-0.2, -0.15) is 0 Å². The Kier molecular flexibility index (Phi) is 5.91. The Balaban J connectivity index is 1.81. The van der Waals surface area contributed by atoms with Gasteiger partial charge < -0.3 is 5.32 Å². The van der Waals surface area contributed by atoms with Gasteiger partial charge in [-0.15, -0.1) is 0 Å². The number of anilines is 1. The molecule has 3 aromatic rings. The molecular formula is C21H21ClN2O3S. The van der Waals surface area contributed by atoms with Crippen LogP contribution in [0.1, 0.15) is 12.5 Å². The van der Waals surface area contributed by atoms with Crippen LogP contribution in [0.15, 0.2) is 66.7 Å². The van der Waals surface area contributed by atoms with Crippen LogP contribution in [0.25, 0.3) is 10.8 Å². The van der Waals surface area contributed by atoms with Crippen molar-refractivity contribution in [3.8, 4) is 0 Å². The first kappa shape index (κ1) is 20.2. The molecule has 0 radical (unpaired) electrons. The monoisotopic (exact) mass is 416 g/mol. The van der Waals surface area contributed by atoms with Gasteiger partial charge in [-0.3, -0.25) is 9.10 Å². The third-order valence-corrected chi connectivity index (χ3v) is 6.00. The lowest BCUT2D eigenvalue weighted by atomic mass is 10.0. The Bertz CT molecular complexity index is 1090. The molecule has 5 nitrogen and oxygen atoms in total. The number of carbonyl (C=O) groups excluding carboxylic acids is 1. The van der Waals surface area contributed by atoms with E-state index in [9.17, 15) is 13.2 Å². The van der Waals surface area contributed by atoms with Crippen molar-refractivity contribution in [2.75, 3.05) is 10.6 Å². The summed E-state index contributed by atoms with van der Waals surface area (Å²) in [5.41, 5.74) is 1.36. The number of nitrogens with zero attached hydrogens (tertiary/aromatic N) is 1. The van der Waals surface area contributed by atoms with Crippen molar-refractivity contribution in [1.82, 2.24) is 5.32 Å². The molecule has 1 amide bonds. The molecule has 0 aliphatic heterocycles. The predicted molar refractivity (Wildman–Crippen MR) is 114 cm³/mol. The molecule has 0 saturated carbocycles. The Labute approximate surface area is 170 Å². The molecular weight excluding hydrogens is 396 g/mol. The van der Waals surface area contributed by atoms with E-state index in [1.54, 1.807) is 31.2 Å². The van der Waals surface area contributed by atoms with Gasteiger partial charge in [0.1, 0.15) is 6.04 Å². The average molecular weight is 417 g/mol. The Morgan fingerprint density at radius 2 is 1.68 bits per heavy atom. The lowest BCUT2D eigenvalue weighted by Gasteiger charge is -2.28. The van der Waals surface area contributed by atoms with Crippen LogP contribution >= 0.6 is 11.6 Å². The SMILES string of the molecule is CC(C(=O)NCc1cccc2ccccc12)N(c1ccc(Cl)cc1)S(C)(=O)=O. The van der Waals surface area contributed by atoms with Crippen LogP contribution in [-0.4, -0.2) is 26.6 Å². The molecule has 0 spiro atoms. The third-order valence-electron chi connectivity index (χ3n) is 4.50. The van der Waals surface area contributed by atoms with Crippen molar-refractivity contribution < 1.29 is 13.2 Å². The summed E-state index contributed by atoms with van der Waals surface area (Å²) in [6.07, 6.45) is 1.08. The minimum Gasteiger partial charge on any atom is -0.350 e. The highest BCUT2D eigenvalue weighted by Gasteiger charge is 2.29.